The van der Waals surface area contributed by atoms with Gasteiger partial charge in [-0.2, -0.15) is 5.10 Å². The molecule has 0 aliphatic heterocycles. The molecule has 6 nitrogen and oxygen atoms in total. The average molecular weight is 245 g/mol. The zero-order chi connectivity index (χ0) is 13.3. The summed E-state index contributed by atoms with van der Waals surface area (Å²) in [6.07, 6.45) is 2.87. The number of carboxylic acids is 1. The van der Waals surface area contributed by atoms with Crippen LogP contribution >= 0.6 is 0 Å². The van der Waals surface area contributed by atoms with Crippen molar-refractivity contribution in [2.24, 2.45) is 5.73 Å². The van der Waals surface area contributed by atoms with Crippen LogP contribution in [0.3, 0.4) is 0 Å². The van der Waals surface area contributed by atoms with E-state index in [2.05, 4.69) is 5.10 Å². The molecule has 18 heavy (non-hydrogen) atoms. The minimum atomic E-state index is -0.983. The molecule has 92 valence electrons. The molecular weight excluding hydrogens is 234 g/mol. The van der Waals surface area contributed by atoms with Crippen LogP contribution in [0.5, 0.6) is 0 Å². The Morgan fingerprint density at radius 2 is 2.06 bits per heavy atom. The molecule has 1 aromatic carbocycles. The maximum absolute atomic E-state index is 11.0. The number of rotatable bonds is 3. The Balaban J connectivity index is 2.44. The first-order valence-electron chi connectivity index (χ1n) is 5.18. The van der Waals surface area contributed by atoms with E-state index >= 15 is 0 Å². The molecule has 0 saturated heterocycles. The van der Waals surface area contributed by atoms with Crippen LogP contribution in [0.25, 0.3) is 5.69 Å². The van der Waals surface area contributed by atoms with Crippen LogP contribution in [0.4, 0.5) is 0 Å². The van der Waals surface area contributed by atoms with Gasteiger partial charge >= 0.3 is 5.97 Å². The number of carboxylic acid groups (broad SMARTS) is 1. The SMILES string of the molecule is Cc1cc(C(=O)O)ccc1-n1cc(C(N)=O)cn1. The predicted molar refractivity (Wildman–Crippen MR) is 63.8 cm³/mol. The van der Waals surface area contributed by atoms with Crippen LogP contribution in [0.1, 0.15) is 26.3 Å². The van der Waals surface area contributed by atoms with Gasteiger partial charge in [-0.05, 0) is 30.7 Å². The maximum atomic E-state index is 11.0. The van der Waals surface area contributed by atoms with Gasteiger partial charge in [0.1, 0.15) is 0 Å². The first-order valence-corrected chi connectivity index (χ1v) is 5.18. The van der Waals surface area contributed by atoms with Crippen molar-refractivity contribution in [3.63, 3.8) is 0 Å². The topological polar surface area (TPSA) is 98.2 Å². The second-order valence-corrected chi connectivity index (χ2v) is 3.84. The lowest BCUT2D eigenvalue weighted by Crippen LogP contribution is -2.09. The van der Waals surface area contributed by atoms with Crippen LogP contribution in [-0.4, -0.2) is 26.8 Å². The molecule has 0 radical (unpaired) electrons. The molecule has 2 aromatic rings. The van der Waals surface area contributed by atoms with Gasteiger partial charge in [0, 0.05) is 6.20 Å². The highest BCUT2D eigenvalue weighted by Gasteiger charge is 2.09. The molecule has 1 amide bonds. The number of hydrogen-bond acceptors (Lipinski definition) is 3. The van der Waals surface area contributed by atoms with Crippen LogP contribution in [-0.2, 0) is 0 Å². The molecule has 0 fully saturated rings. The number of primary amides is 1. The first kappa shape index (κ1) is 11.8. The number of nitrogens with two attached hydrogens (primary N) is 1. The van der Waals surface area contributed by atoms with Crippen molar-refractivity contribution in [1.82, 2.24) is 9.78 Å². The minimum Gasteiger partial charge on any atom is -0.478 e. The average Bonchev–Trinajstić information content (AvgIpc) is 2.78. The monoisotopic (exact) mass is 245 g/mol. The number of aromatic nitrogens is 2. The normalized spacial score (nSPS) is 10.3. The second kappa shape index (κ2) is 4.33. The Bertz CT molecular complexity index is 631. The third-order valence-electron chi connectivity index (χ3n) is 2.56. The third kappa shape index (κ3) is 2.08. The molecule has 1 heterocycles. The standard InChI is InChI=1S/C12H11N3O3/c1-7-4-8(12(17)18)2-3-10(7)15-6-9(5-14-15)11(13)16/h2-6H,1H3,(H2,13,16)(H,17,18). The fourth-order valence-corrected chi connectivity index (χ4v) is 1.63. The van der Waals surface area contributed by atoms with Gasteiger partial charge in [0.2, 0.25) is 0 Å². The third-order valence-corrected chi connectivity index (χ3v) is 2.56. The quantitative estimate of drug-likeness (QED) is 0.841. The van der Waals surface area contributed by atoms with Crippen molar-refractivity contribution in [2.45, 2.75) is 6.92 Å². The predicted octanol–water partition coefficient (Wildman–Crippen LogP) is 0.978. The van der Waals surface area contributed by atoms with E-state index in [1.54, 1.807) is 19.1 Å². The van der Waals surface area contributed by atoms with Crippen LogP contribution < -0.4 is 5.73 Å². The number of nitrogens with zero attached hydrogens (tertiary/aromatic N) is 2. The second-order valence-electron chi connectivity index (χ2n) is 3.84. The molecule has 0 atom stereocenters. The van der Waals surface area contributed by atoms with Crippen molar-refractivity contribution < 1.29 is 14.7 Å². The van der Waals surface area contributed by atoms with E-state index in [0.29, 0.717) is 11.3 Å². The van der Waals surface area contributed by atoms with E-state index < -0.39 is 11.9 Å². The molecule has 2 rings (SSSR count). The Hall–Kier alpha value is -2.63. The van der Waals surface area contributed by atoms with Crippen molar-refractivity contribution in [3.05, 3.63) is 47.3 Å². The van der Waals surface area contributed by atoms with Gasteiger partial charge in [-0.25, -0.2) is 9.48 Å². The van der Waals surface area contributed by atoms with Gasteiger partial charge < -0.3 is 10.8 Å². The van der Waals surface area contributed by atoms with E-state index in [4.69, 9.17) is 10.8 Å². The maximum Gasteiger partial charge on any atom is 0.335 e. The molecule has 0 bridgehead atoms. The molecule has 0 unspecified atom stereocenters. The van der Waals surface area contributed by atoms with Crippen LogP contribution in [0.15, 0.2) is 30.6 Å². The van der Waals surface area contributed by atoms with Gasteiger partial charge in [0.15, 0.2) is 0 Å². The lowest BCUT2D eigenvalue weighted by Gasteiger charge is -2.06. The number of benzene rings is 1. The molecule has 3 N–H and O–H groups in total. The number of amides is 1. The Morgan fingerprint density at radius 3 is 2.56 bits per heavy atom. The Labute approximate surface area is 103 Å². The number of hydrogen-bond donors (Lipinski definition) is 2. The first-order chi connectivity index (χ1) is 8.49. The van der Waals surface area contributed by atoms with E-state index in [9.17, 15) is 9.59 Å². The van der Waals surface area contributed by atoms with Gasteiger partial charge in [0.05, 0.1) is 23.0 Å². The zero-order valence-corrected chi connectivity index (χ0v) is 9.62. The van der Waals surface area contributed by atoms with E-state index in [0.717, 1.165) is 5.56 Å². The number of carbonyl (C=O) groups excluding carboxylic acids is 1. The number of aromatic carboxylic acids is 1. The summed E-state index contributed by atoms with van der Waals surface area (Å²) in [5.74, 6) is -1.54. The van der Waals surface area contributed by atoms with Crippen molar-refractivity contribution in [2.75, 3.05) is 0 Å². The Kier molecular flexibility index (Phi) is 2.85. The van der Waals surface area contributed by atoms with Crippen molar-refractivity contribution in [1.29, 1.82) is 0 Å². The highest BCUT2D eigenvalue weighted by atomic mass is 16.4. The van der Waals surface area contributed by atoms with Crippen molar-refractivity contribution >= 4 is 11.9 Å². The molecule has 0 saturated carbocycles. The number of carbonyl (C=O) groups is 2. The molecular formula is C12H11N3O3. The summed E-state index contributed by atoms with van der Waals surface area (Å²) < 4.78 is 1.49. The molecule has 1 aromatic heterocycles. The summed E-state index contributed by atoms with van der Waals surface area (Å²) in [5.41, 5.74) is 7.09. The highest BCUT2D eigenvalue weighted by molar-refractivity contribution is 5.92. The van der Waals surface area contributed by atoms with E-state index in [1.807, 2.05) is 0 Å². The largest absolute Gasteiger partial charge is 0.478 e. The van der Waals surface area contributed by atoms with Crippen molar-refractivity contribution in [3.8, 4) is 5.69 Å². The Morgan fingerprint density at radius 1 is 1.33 bits per heavy atom. The highest BCUT2D eigenvalue weighted by Crippen LogP contribution is 2.16. The lowest BCUT2D eigenvalue weighted by atomic mass is 10.1. The number of aryl methyl sites for hydroxylation is 1. The minimum absolute atomic E-state index is 0.207. The van der Waals surface area contributed by atoms with Gasteiger partial charge in [-0.15, -0.1) is 0 Å². The summed E-state index contributed by atoms with van der Waals surface area (Å²) in [5, 5.41) is 12.9. The van der Waals surface area contributed by atoms with Gasteiger partial charge in [-0.3, -0.25) is 4.79 Å². The summed E-state index contributed by atoms with van der Waals surface area (Å²) in [6, 6.07) is 4.66. The molecule has 0 aliphatic rings. The lowest BCUT2D eigenvalue weighted by molar-refractivity contribution is 0.0696. The van der Waals surface area contributed by atoms with E-state index in [-0.39, 0.29) is 5.56 Å². The summed E-state index contributed by atoms with van der Waals surface area (Å²) in [6.45, 7) is 1.77. The van der Waals surface area contributed by atoms with Crippen LogP contribution in [0.2, 0.25) is 0 Å². The fourth-order valence-electron chi connectivity index (χ4n) is 1.63. The molecule has 0 aliphatic carbocycles. The summed E-state index contributed by atoms with van der Waals surface area (Å²) >= 11 is 0. The summed E-state index contributed by atoms with van der Waals surface area (Å²) in [4.78, 5) is 21.8. The molecule has 0 spiro atoms. The molecule has 6 heteroatoms. The fraction of sp³-hybridized carbons (Fsp3) is 0.0833. The summed E-state index contributed by atoms with van der Waals surface area (Å²) in [7, 11) is 0. The van der Waals surface area contributed by atoms with E-state index in [1.165, 1.54) is 23.1 Å². The van der Waals surface area contributed by atoms with Gasteiger partial charge in [-0.1, -0.05) is 0 Å². The smallest absolute Gasteiger partial charge is 0.335 e. The van der Waals surface area contributed by atoms with Crippen LogP contribution in [0, 0.1) is 6.92 Å². The van der Waals surface area contributed by atoms with Gasteiger partial charge in [0.25, 0.3) is 5.91 Å². The zero-order valence-electron chi connectivity index (χ0n) is 9.62.